The molecule has 6 heteroatoms. The molecule has 106 valence electrons. The highest BCUT2D eigenvalue weighted by atomic mass is 35.5. The molecular formula is C15H13ClN4O. The van der Waals surface area contributed by atoms with Crippen molar-refractivity contribution in [2.45, 2.75) is 6.54 Å². The van der Waals surface area contributed by atoms with Crippen LogP contribution in [0, 0.1) is 0 Å². The van der Waals surface area contributed by atoms with Crippen LogP contribution >= 0.6 is 11.6 Å². The Kier molecular flexibility index (Phi) is 3.58. The second-order valence-corrected chi connectivity index (χ2v) is 5.09. The molecular weight excluding hydrogens is 288 g/mol. The van der Waals surface area contributed by atoms with Crippen LogP contribution in [0.4, 0.5) is 0 Å². The Morgan fingerprint density at radius 1 is 1.19 bits per heavy atom. The molecule has 0 unspecified atom stereocenters. The molecule has 0 spiro atoms. The summed E-state index contributed by atoms with van der Waals surface area (Å²) in [6, 6.07) is 12.7. The van der Waals surface area contributed by atoms with Crippen molar-refractivity contribution >= 4 is 23.2 Å². The molecule has 3 aromatic rings. The summed E-state index contributed by atoms with van der Waals surface area (Å²) in [6.07, 6.45) is 1.87. The molecule has 1 amide bonds. The first-order valence-corrected chi connectivity index (χ1v) is 6.83. The average molecular weight is 301 g/mol. The number of nitrogens with zero attached hydrogens (tertiary/aromatic N) is 4. The number of halogens is 1. The lowest BCUT2D eigenvalue weighted by molar-refractivity contribution is 0.0781. The quantitative estimate of drug-likeness (QED) is 0.747. The zero-order chi connectivity index (χ0) is 14.8. The summed E-state index contributed by atoms with van der Waals surface area (Å²) in [5.74, 6) is 0.557. The van der Waals surface area contributed by atoms with Crippen LogP contribution in [0.2, 0.25) is 5.02 Å². The van der Waals surface area contributed by atoms with E-state index in [0.29, 0.717) is 23.0 Å². The zero-order valence-electron chi connectivity index (χ0n) is 11.4. The van der Waals surface area contributed by atoms with Crippen molar-refractivity contribution in [2.75, 3.05) is 7.05 Å². The number of amides is 1. The van der Waals surface area contributed by atoms with Gasteiger partial charge in [-0.1, -0.05) is 29.8 Å². The van der Waals surface area contributed by atoms with Gasteiger partial charge in [0, 0.05) is 13.2 Å². The molecule has 0 aliphatic rings. The van der Waals surface area contributed by atoms with Gasteiger partial charge in [-0.2, -0.15) is 0 Å². The first-order chi connectivity index (χ1) is 10.2. The third-order valence-electron chi connectivity index (χ3n) is 3.21. The third-order valence-corrected chi connectivity index (χ3v) is 3.54. The largest absolute Gasteiger partial charge is 0.334 e. The van der Waals surface area contributed by atoms with Crippen LogP contribution in [0.5, 0.6) is 0 Å². The first-order valence-electron chi connectivity index (χ1n) is 6.45. The summed E-state index contributed by atoms with van der Waals surface area (Å²) < 4.78 is 1.86. The lowest BCUT2D eigenvalue weighted by atomic mass is 10.2. The number of carbonyl (C=O) groups is 1. The summed E-state index contributed by atoms with van der Waals surface area (Å²) in [5, 5.41) is 8.64. The lowest BCUT2D eigenvalue weighted by Gasteiger charge is -2.16. The van der Waals surface area contributed by atoms with Gasteiger partial charge in [-0.3, -0.25) is 9.20 Å². The van der Waals surface area contributed by atoms with E-state index in [-0.39, 0.29) is 5.91 Å². The molecule has 0 saturated carbocycles. The van der Waals surface area contributed by atoms with Crippen LogP contribution in [0.25, 0.3) is 5.65 Å². The van der Waals surface area contributed by atoms with Crippen molar-refractivity contribution in [3.8, 4) is 0 Å². The van der Waals surface area contributed by atoms with Crippen LogP contribution in [-0.4, -0.2) is 32.5 Å². The van der Waals surface area contributed by atoms with Crippen LogP contribution in [-0.2, 0) is 6.54 Å². The number of aromatic nitrogens is 3. The number of pyridine rings is 1. The molecule has 0 fully saturated rings. The number of hydrogen-bond acceptors (Lipinski definition) is 3. The molecule has 21 heavy (non-hydrogen) atoms. The van der Waals surface area contributed by atoms with Crippen LogP contribution in [0.3, 0.4) is 0 Å². The fourth-order valence-corrected chi connectivity index (χ4v) is 2.34. The van der Waals surface area contributed by atoms with Crippen molar-refractivity contribution in [1.29, 1.82) is 0 Å². The van der Waals surface area contributed by atoms with Gasteiger partial charge in [0.15, 0.2) is 11.5 Å². The summed E-state index contributed by atoms with van der Waals surface area (Å²) in [7, 11) is 1.72. The lowest BCUT2D eigenvalue weighted by Crippen LogP contribution is -2.27. The summed E-state index contributed by atoms with van der Waals surface area (Å²) in [4.78, 5) is 14.0. The normalized spacial score (nSPS) is 10.8. The van der Waals surface area contributed by atoms with E-state index in [9.17, 15) is 4.79 Å². The first kappa shape index (κ1) is 13.6. The monoisotopic (exact) mass is 300 g/mol. The Morgan fingerprint density at radius 3 is 2.76 bits per heavy atom. The van der Waals surface area contributed by atoms with Crippen molar-refractivity contribution in [3.05, 3.63) is 65.1 Å². The molecule has 1 aromatic carbocycles. The molecule has 0 atom stereocenters. The summed E-state index contributed by atoms with van der Waals surface area (Å²) in [5.41, 5.74) is 1.24. The molecule has 3 rings (SSSR count). The maximum Gasteiger partial charge on any atom is 0.255 e. The molecule has 0 saturated heterocycles. The minimum atomic E-state index is -0.145. The molecule has 0 aliphatic carbocycles. The molecule has 2 heterocycles. The van der Waals surface area contributed by atoms with E-state index >= 15 is 0 Å². The highest BCUT2D eigenvalue weighted by Gasteiger charge is 2.17. The van der Waals surface area contributed by atoms with Crippen molar-refractivity contribution in [3.63, 3.8) is 0 Å². The molecule has 0 bridgehead atoms. The standard InChI is InChI=1S/C15H13ClN4O/c1-19(15(21)11-6-2-3-7-12(11)16)10-14-18-17-13-8-4-5-9-20(13)14/h2-9H,10H2,1H3. The fraction of sp³-hybridized carbons (Fsp3) is 0.133. The maximum atomic E-state index is 12.4. The van der Waals surface area contributed by atoms with Gasteiger partial charge < -0.3 is 4.90 Å². The topological polar surface area (TPSA) is 50.5 Å². The van der Waals surface area contributed by atoms with Crippen LogP contribution < -0.4 is 0 Å². The fourth-order valence-electron chi connectivity index (χ4n) is 2.12. The van der Waals surface area contributed by atoms with Crippen LogP contribution in [0.1, 0.15) is 16.2 Å². The van der Waals surface area contributed by atoms with Crippen molar-refractivity contribution in [2.24, 2.45) is 0 Å². The predicted octanol–water partition coefficient (Wildman–Crippen LogP) is 2.65. The SMILES string of the molecule is CN(Cc1nnc2ccccn12)C(=O)c1ccccc1Cl. The highest BCUT2D eigenvalue weighted by molar-refractivity contribution is 6.33. The number of carbonyl (C=O) groups excluding carboxylic acids is 1. The second-order valence-electron chi connectivity index (χ2n) is 4.69. The molecule has 0 aliphatic heterocycles. The smallest absolute Gasteiger partial charge is 0.255 e. The van der Waals surface area contributed by atoms with E-state index in [4.69, 9.17) is 11.6 Å². The number of benzene rings is 1. The van der Waals surface area contributed by atoms with Gasteiger partial charge in [0.1, 0.15) is 0 Å². The van der Waals surface area contributed by atoms with Crippen molar-refractivity contribution in [1.82, 2.24) is 19.5 Å². The Bertz CT molecular complexity index is 799. The minimum Gasteiger partial charge on any atom is -0.334 e. The van der Waals surface area contributed by atoms with Gasteiger partial charge in [0.2, 0.25) is 0 Å². The van der Waals surface area contributed by atoms with Crippen LogP contribution in [0.15, 0.2) is 48.7 Å². The van der Waals surface area contributed by atoms with Gasteiger partial charge in [0.25, 0.3) is 5.91 Å². The third kappa shape index (κ3) is 2.60. The van der Waals surface area contributed by atoms with Gasteiger partial charge in [-0.25, -0.2) is 0 Å². The number of rotatable bonds is 3. The van der Waals surface area contributed by atoms with E-state index in [1.54, 1.807) is 36.2 Å². The van der Waals surface area contributed by atoms with Gasteiger partial charge in [-0.15, -0.1) is 10.2 Å². The van der Waals surface area contributed by atoms with E-state index in [1.807, 2.05) is 28.8 Å². The zero-order valence-corrected chi connectivity index (χ0v) is 12.2. The summed E-state index contributed by atoms with van der Waals surface area (Å²) in [6.45, 7) is 0.356. The minimum absolute atomic E-state index is 0.145. The van der Waals surface area contributed by atoms with Crippen molar-refractivity contribution < 1.29 is 4.79 Å². The highest BCUT2D eigenvalue weighted by Crippen LogP contribution is 2.17. The van der Waals surface area contributed by atoms with Gasteiger partial charge in [0.05, 0.1) is 17.1 Å². The van der Waals surface area contributed by atoms with Gasteiger partial charge >= 0.3 is 0 Å². The Balaban J connectivity index is 1.85. The van der Waals surface area contributed by atoms with E-state index in [1.165, 1.54) is 0 Å². The van der Waals surface area contributed by atoms with E-state index < -0.39 is 0 Å². The Hall–Kier alpha value is -2.40. The Morgan fingerprint density at radius 2 is 1.95 bits per heavy atom. The Labute approximate surface area is 126 Å². The van der Waals surface area contributed by atoms with E-state index in [2.05, 4.69) is 10.2 Å². The molecule has 0 N–H and O–H groups in total. The van der Waals surface area contributed by atoms with E-state index in [0.717, 1.165) is 5.65 Å². The maximum absolute atomic E-state index is 12.4. The molecule has 5 nitrogen and oxygen atoms in total. The molecule has 0 radical (unpaired) electrons. The average Bonchev–Trinajstić information content (AvgIpc) is 2.90. The summed E-state index contributed by atoms with van der Waals surface area (Å²) >= 11 is 6.06. The second kappa shape index (κ2) is 5.54. The number of fused-ring (bicyclic) bond motifs is 1. The molecule has 2 aromatic heterocycles. The predicted molar refractivity (Wildman–Crippen MR) is 80.2 cm³/mol. The van der Waals surface area contributed by atoms with Gasteiger partial charge in [-0.05, 0) is 24.3 Å². The number of hydrogen-bond donors (Lipinski definition) is 0.